The summed E-state index contributed by atoms with van der Waals surface area (Å²) in [6.45, 7) is 6.49. The van der Waals surface area contributed by atoms with Gasteiger partial charge in [-0.1, -0.05) is 6.07 Å². The van der Waals surface area contributed by atoms with Crippen molar-refractivity contribution in [3.05, 3.63) is 57.9 Å². The second-order valence-corrected chi connectivity index (χ2v) is 8.56. The van der Waals surface area contributed by atoms with Crippen molar-refractivity contribution in [3.63, 3.8) is 0 Å². The Bertz CT molecular complexity index is 936. The zero-order valence-electron chi connectivity index (χ0n) is 16.7. The highest BCUT2D eigenvalue weighted by Crippen LogP contribution is 2.31. The van der Waals surface area contributed by atoms with Crippen LogP contribution in [-0.4, -0.2) is 59.5 Å². The highest BCUT2D eigenvalue weighted by Gasteiger charge is 2.31. The molecule has 0 aliphatic carbocycles. The van der Waals surface area contributed by atoms with E-state index in [1.807, 2.05) is 15.5 Å². The van der Waals surface area contributed by atoms with E-state index >= 15 is 0 Å². The molecule has 0 radical (unpaired) electrons. The summed E-state index contributed by atoms with van der Waals surface area (Å²) in [6, 6.07) is 7.64. The molecular weight excluding hydrogens is 368 g/mol. The number of hydrogen-bond acceptors (Lipinski definition) is 5. The van der Waals surface area contributed by atoms with Gasteiger partial charge in [0.15, 0.2) is 5.76 Å². The van der Waals surface area contributed by atoms with Crippen LogP contribution in [0.15, 0.2) is 39.7 Å². The molecule has 0 unspecified atom stereocenters. The summed E-state index contributed by atoms with van der Waals surface area (Å²) in [5, 5.41) is 3.50. The second-order valence-electron chi connectivity index (χ2n) is 8.56. The summed E-state index contributed by atoms with van der Waals surface area (Å²) >= 11 is 0. The van der Waals surface area contributed by atoms with Gasteiger partial charge in [0.1, 0.15) is 0 Å². The highest BCUT2D eigenvalue weighted by atomic mass is 16.3. The van der Waals surface area contributed by atoms with E-state index in [9.17, 15) is 9.59 Å². The Kier molecular flexibility index (Phi) is 5.01. The largest absolute Gasteiger partial charge is 0.459 e. The molecule has 2 aromatic heterocycles. The van der Waals surface area contributed by atoms with Crippen LogP contribution in [0.3, 0.4) is 0 Å². The van der Waals surface area contributed by atoms with Gasteiger partial charge in [-0.2, -0.15) is 0 Å². The van der Waals surface area contributed by atoms with Gasteiger partial charge in [-0.15, -0.1) is 0 Å². The minimum atomic E-state index is -0.0501. The van der Waals surface area contributed by atoms with E-state index < -0.39 is 0 Å². The first-order chi connectivity index (χ1) is 14.2. The third-order valence-corrected chi connectivity index (χ3v) is 6.59. The first-order valence-corrected chi connectivity index (χ1v) is 10.7. The van der Waals surface area contributed by atoms with Crippen molar-refractivity contribution in [1.29, 1.82) is 0 Å². The molecule has 1 amide bonds. The molecule has 154 valence electrons. The quantitative estimate of drug-likeness (QED) is 0.851. The first-order valence-electron chi connectivity index (χ1n) is 10.7. The molecule has 7 nitrogen and oxygen atoms in total. The number of rotatable bonds is 3. The standard InChI is InChI=1S/C22H28N4O3/c27-21-17(4-5-19-18-11-16(12-23-13-18)14-26(19)21)15-24-6-2-7-25(9-8-24)22(28)20-3-1-10-29-20/h1,3-5,10,16,18,23H,2,6-9,11-15H2/t16-,18+/m0/s1. The van der Waals surface area contributed by atoms with Crippen molar-refractivity contribution in [2.24, 2.45) is 5.92 Å². The minimum absolute atomic E-state index is 0.0501. The lowest BCUT2D eigenvalue weighted by molar-refractivity contribution is 0.0729. The van der Waals surface area contributed by atoms with Crippen LogP contribution in [0.1, 0.15) is 40.6 Å². The maximum absolute atomic E-state index is 13.2. The molecule has 2 fully saturated rings. The summed E-state index contributed by atoms with van der Waals surface area (Å²) in [4.78, 5) is 29.9. The maximum Gasteiger partial charge on any atom is 0.289 e. The fourth-order valence-corrected chi connectivity index (χ4v) is 5.09. The summed E-state index contributed by atoms with van der Waals surface area (Å²) < 4.78 is 7.29. The van der Waals surface area contributed by atoms with Crippen LogP contribution in [0.25, 0.3) is 0 Å². The monoisotopic (exact) mass is 396 g/mol. The number of piperidine rings is 1. The fourth-order valence-electron chi connectivity index (χ4n) is 5.09. The predicted molar refractivity (Wildman–Crippen MR) is 109 cm³/mol. The molecule has 2 bridgehead atoms. The summed E-state index contributed by atoms with van der Waals surface area (Å²) in [7, 11) is 0. The van der Waals surface area contributed by atoms with Gasteiger partial charge in [0.05, 0.1) is 6.26 Å². The molecule has 3 aliphatic rings. The molecule has 5 rings (SSSR count). The lowest BCUT2D eigenvalue weighted by Gasteiger charge is -2.37. The number of furan rings is 1. The normalized spacial score (nSPS) is 24.8. The number of aromatic nitrogens is 1. The molecule has 1 N–H and O–H groups in total. The molecule has 0 saturated carbocycles. The zero-order valence-corrected chi connectivity index (χ0v) is 16.7. The van der Waals surface area contributed by atoms with Crippen LogP contribution < -0.4 is 10.9 Å². The van der Waals surface area contributed by atoms with Crippen molar-refractivity contribution in [1.82, 2.24) is 19.7 Å². The molecule has 0 spiro atoms. The Morgan fingerprint density at radius 3 is 2.93 bits per heavy atom. The topological polar surface area (TPSA) is 70.7 Å². The van der Waals surface area contributed by atoms with Crippen molar-refractivity contribution in [2.75, 3.05) is 39.3 Å². The van der Waals surface area contributed by atoms with Gasteiger partial charge >= 0.3 is 0 Å². The number of hydrogen-bond donors (Lipinski definition) is 1. The van der Waals surface area contributed by atoms with Crippen LogP contribution in [0.5, 0.6) is 0 Å². The molecular formula is C22H28N4O3. The summed E-state index contributed by atoms with van der Waals surface area (Å²) in [6.07, 6.45) is 3.62. The van der Waals surface area contributed by atoms with Gasteiger partial charge < -0.3 is 19.2 Å². The lowest BCUT2D eigenvalue weighted by Crippen LogP contribution is -2.45. The Balaban J connectivity index is 1.28. The molecule has 2 atom stereocenters. The van der Waals surface area contributed by atoms with Crippen molar-refractivity contribution < 1.29 is 9.21 Å². The Hall–Kier alpha value is -2.38. The SMILES string of the molecule is O=C(c1ccco1)N1CCCN(Cc2ccc3n(c2=O)C[C@@H]2CNC[C@H]3C2)CC1. The summed E-state index contributed by atoms with van der Waals surface area (Å²) in [5.41, 5.74) is 2.23. The molecule has 3 aliphatic heterocycles. The summed E-state index contributed by atoms with van der Waals surface area (Å²) in [5.74, 6) is 1.37. The number of amides is 1. The van der Waals surface area contributed by atoms with Gasteiger partial charge in [-0.05, 0) is 43.5 Å². The Morgan fingerprint density at radius 2 is 2.07 bits per heavy atom. The second kappa shape index (κ2) is 7.80. The van der Waals surface area contributed by atoms with E-state index in [2.05, 4.69) is 16.3 Å². The smallest absolute Gasteiger partial charge is 0.289 e. The van der Waals surface area contributed by atoms with E-state index in [0.29, 0.717) is 30.7 Å². The molecule has 5 heterocycles. The molecule has 2 aromatic rings. The fraction of sp³-hybridized carbons (Fsp3) is 0.545. The van der Waals surface area contributed by atoms with Crippen molar-refractivity contribution >= 4 is 5.91 Å². The van der Waals surface area contributed by atoms with Gasteiger partial charge in [0.25, 0.3) is 11.5 Å². The number of nitrogens with one attached hydrogen (secondary N) is 1. The van der Waals surface area contributed by atoms with Crippen molar-refractivity contribution in [2.45, 2.75) is 31.8 Å². The highest BCUT2D eigenvalue weighted by molar-refractivity contribution is 5.91. The van der Waals surface area contributed by atoms with Crippen LogP contribution in [0.2, 0.25) is 0 Å². The van der Waals surface area contributed by atoms with Gasteiger partial charge in [0.2, 0.25) is 0 Å². The average molecular weight is 396 g/mol. The minimum Gasteiger partial charge on any atom is -0.459 e. The number of fused-ring (bicyclic) bond motifs is 4. The van der Waals surface area contributed by atoms with E-state index in [1.54, 1.807) is 12.1 Å². The Morgan fingerprint density at radius 1 is 1.14 bits per heavy atom. The third kappa shape index (κ3) is 3.65. The first kappa shape index (κ1) is 18.6. The van der Waals surface area contributed by atoms with Crippen LogP contribution in [-0.2, 0) is 13.1 Å². The number of carbonyl (C=O) groups excluding carboxylic acids is 1. The van der Waals surface area contributed by atoms with E-state index in [0.717, 1.165) is 51.3 Å². The van der Waals surface area contributed by atoms with Gasteiger partial charge in [-0.25, -0.2) is 0 Å². The molecule has 0 aromatic carbocycles. The van der Waals surface area contributed by atoms with E-state index in [4.69, 9.17) is 4.42 Å². The van der Waals surface area contributed by atoms with Crippen LogP contribution >= 0.6 is 0 Å². The lowest BCUT2D eigenvalue weighted by atomic mass is 9.84. The predicted octanol–water partition coefficient (Wildman–Crippen LogP) is 1.50. The van der Waals surface area contributed by atoms with E-state index in [-0.39, 0.29) is 11.5 Å². The van der Waals surface area contributed by atoms with E-state index in [1.165, 1.54) is 18.4 Å². The average Bonchev–Trinajstić information content (AvgIpc) is 3.17. The zero-order chi connectivity index (χ0) is 19.8. The number of pyridine rings is 1. The number of nitrogens with zero attached hydrogens (tertiary/aromatic N) is 3. The van der Waals surface area contributed by atoms with Gasteiger partial charge in [0, 0.05) is 63.0 Å². The number of carbonyl (C=O) groups is 1. The van der Waals surface area contributed by atoms with Crippen LogP contribution in [0, 0.1) is 5.92 Å². The molecule has 7 heteroatoms. The maximum atomic E-state index is 13.2. The van der Waals surface area contributed by atoms with Crippen LogP contribution in [0.4, 0.5) is 0 Å². The van der Waals surface area contributed by atoms with Crippen molar-refractivity contribution in [3.8, 4) is 0 Å². The third-order valence-electron chi connectivity index (χ3n) is 6.59. The molecule has 2 saturated heterocycles. The Labute approximate surface area is 170 Å². The molecule has 29 heavy (non-hydrogen) atoms. The van der Waals surface area contributed by atoms with Gasteiger partial charge in [-0.3, -0.25) is 14.5 Å².